The van der Waals surface area contributed by atoms with Crippen molar-refractivity contribution in [1.29, 1.82) is 0 Å². The number of nitrogen functional groups attached to an aromatic ring is 1. The molecule has 1 fully saturated rings. The summed E-state index contributed by atoms with van der Waals surface area (Å²) in [4.78, 5) is 12.0. The minimum atomic E-state index is -0.369. The molecule has 1 saturated carbocycles. The molecule has 2 rings (SSSR count). The third-order valence-electron chi connectivity index (χ3n) is 3.37. The zero-order chi connectivity index (χ0) is 13.1. The topological polar surface area (TPSA) is 52.3 Å². The summed E-state index contributed by atoms with van der Waals surface area (Å²) in [5, 5.41) is 0.387. The Bertz CT molecular complexity index is 447. The van der Waals surface area contributed by atoms with E-state index < -0.39 is 0 Å². The number of hydrogen-bond acceptors (Lipinski definition) is 3. The van der Waals surface area contributed by atoms with Gasteiger partial charge < -0.3 is 10.5 Å². The molecule has 0 radical (unpaired) electrons. The molecule has 2 unspecified atom stereocenters. The van der Waals surface area contributed by atoms with Crippen molar-refractivity contribution in [2.24, 2.45) is 5.92 Å². The van der Waals surface area contributed by atoms with Crippen LogP contribution in [0.2, 0.25) is 5.02 Å². The van der Waals surface area contributed by atoms with Crippen molar-refractivity contribution in [2.45, 2.75) is 38.7 Å². The molecule has 0 bridgehead atoms. The van der Waals surface area contributed by atoms with Gasteiger partial charge in [-0.1, -0.05) is 24.9 Å². The molecule has 1 aliphatic rings. The Morgan fingerprint density at radius 1 is 1.44 bits per heavy atom. The number of nitrogens with two attached hydrogens (primary N) is 1. The normalized spacial score (nSPS) is 23.7. The summed E-state index contributed by atoms with van der Waals surface area (Å²) < 4.78 is 5.50. The van der Waals surface area contributed by atoms with E-state index in [4.69, 9.17) is 22.1 Å². The van der Waals surface area contributed by atoms with Crippen LogP contribution >= 0.6 is 11.6 Å². The molecule has 0 aliphatic heterocycles. The second kappa shape index (κ2) is 5.61. The molecule has 0 aromatic heterocycles. The zero-order valence-corrected chi connectivity index (χ0v) is 11.2. The van der Waals surface area contributed by atoms with Gasteiger partial charge in [0, 0.05) is 5.69 Å². The van der Waals surface area contributed by atoms with Gasteiger partial charge in [0.15, 0.2) is 0 Å². The number of ether oxygens (including phenoxy) is 1. The second-order valence-electron chi connectivity index (χ2n) is 5.04. The fourth-order valence-electron chi connectivity index (χ4n) is 2.40. The van der Waals surface area contributed by atoms with E-state index in [1.165, 1.54) is 6.42 Å². The van der Waals surface area contributed by atoms with Crippen LogP contribution in [-0.4, -0.2) is 12.1 Å². The Kier molecular flexibility index (Phi) is 4.12. The van der Waals surface area contributed by atoms with Crippen LogP contribution in [0, 0.1) is 5.92 Å². The van der Waals surface area contributed by atoms with Gasteiger partial charge in [-0.15, -0.1) is 0 Å². The third-order valence-corrected chi connectivity index (χ3v) is 3.70. The van der Waals surface area contributed by atoms with Crippen molar-refractivity contribution >= 4 is 23.3 Å². The van der Waals surface area contributed by atoms with Gasteiger partial charge in [-0.2, -0.15) is 0 Å². The largest absolute Gasteiger partial charge is 0.459 e. The minimum Gasteiger partial charge on any atom is -0.459 e. The molecular weight excluding hydrogens is 250 g/mol. The van der Waals surface area contributed by atoms with Crippen molar-refractivity contribution in [3.8, 4) is 0 Å². The van der Waals surface area contributed by atoms with Crippen LogP contribution in [0.4, 0.5) is 5.69 Å². The van der Waals surface area contributed by atoms with E-state index in [2.05, 4.69) is 6.92 Å². The van der Waals surface area contributed by atoms with Gasteiger partial charge in [0.05, 0.1) is 10.6 Å². The fraction of sp³-hybridized carbons (Fsp3) is 0.500. The Hall–Kier alpha value is -1.22. The standard InChI is InChI=1S/C14H18ClNO2/c1-9-3-2-4-11(7-9)18-14(17)12-8-10(16)5-6-13(12)15/h5-6,8-9,11H,2-4,7,16H2,1H3. The van der Waals surface area contributed by atoms with Gasteiger partial charge >= 0.3 is 5.97 Å². The quantitative estimate of drug-likeness (QED) is 0.657. The predicted molar refractivity (Wildman–Crippen MR) is 72.7 cm³/mol. The molecule has 1 aliphatic carbocycles. The number of carbonyl (C=O) groups is 1. The number of halogens is 1. The summed E-state index contributed by atoms with van der Waals surface area (Å²) in [6.45, 7) is 2.19. The number of benzene rings is 1. The van der Waals surface area contributed by atoms with Gasteiger partial charge in [-0.3, -0.25) is 0 Å². The maximum absolute atomic E-state index is 12.0. The lowest BCUT2D eigenvalue weighted by Crippen LogP contribution is -2.24. The highest BCUT2D eigenvalue weighted by Gasteiger charge is 2.23. The summed E-state index contributed by atoms with van der Waals surface area (Å²) in [5.41, 5.74) is 6.53. The molecule has 1 aromatic rings. The molecule has 0 saturated heterocycles. The Morgan fingerprint density at radius 3 is 2.94 bits per heavy atom. The van der Waals surface area contributed by atoms with Crippen LogP contribution < -0.4 is 5.73 Å². The van der Waals surface area contributed by atoms with Gasteiger partial charge in [0.2, 0.25) is 0 Å². The van der Waals surface area contributed by atoms with Crippen LogP contribution in [-0.2, 0) is 4.74 Å². The molecule has 1 aromatic carbocycles. The Labute approximate surface area is 112 Å². The number of anilines is 1. The van der Waals surface area contributed by atoms with Crippen molar-refractivity contribution < 1.29 is 9.53 Å². The molecule has 2 N–H and O–H groups in total. The van der Waals surface area contributed by atoms with Crippen LogP contribution in [0.3, 0.4) is 0 Å². The highest BCUT2D eigenvalue weighted by Crippen LogP contribution is 2.27. The first-order valence-corrected chi connectivity index (χ1v) is 6.70. The van der Waals surface area contributed by atoms with Crippen LogP contribution in [0.5, 0.6) is 0 Å². The Balaban J connectivity index is 2.05. The van der Waals surface area contributed by atoms with E-state index in [-0.39, 0.29) is 12.1 Å². The van der Waals surface area contributed by atoms with Gasteiger partial charge in [-0.05, 0) is 43.4 Å². The number of esters is 1. The smallest absolute Gasteiger partial charge is 0.340 e. The lowest BCUT2D eigenvalue weighted by molar-refractivity contribution is 0.0155. The fourth-order valence-corrected chi connectivity index (χ4v) is 2.59. The molecule has 18 heavy (non-hydrogen) atoms. The summed E-state index contributed by atoms with van der Waals surface area (Å²) in [7, 11) is 0. The number of hydrogen-bond donors (Lipinski definition) is 1. The molecule has 0 heterocycles. The number of carbonyl (C=O) groups excluding carboxylic acids is 1. The molecule has 0 amide bonds. The lowest BCUT2D eigenvalue weighted by Gasteiger charge is -2.26. The predicted octanol–water partition coefficient (Wildman–Crippen LogP) is 3.66. The molecular formula is C14H18ClNO2. The van der Waals surface area contributed by atoms with Crippen LogP contribution in [0.25, 0.3) is 0 Å². The van der Waals surface area contributed by atoms with E-state index in [9.17, 15) is 4.79 Å². The minimum absolute atomic E-state index is 0.0127. The number of rotatable bonds is 2. The van der Waals surface area contributed by atoms with Crippen LogP contribution in [0.1, 0.15) is 43.0 Å². The average Bonchev–Trinajstić information content (AvgIpc) is 2.32. The zero-order valence-electron chi connectivity index (χ0n) is 10.5. The first-order chi connectivity index (χ1) is 8.56. The van der Waals surface area contributed by atoms with E-state index in [0.717, 1.165) is 19.3 Å². The second-order valence-corrected chi connectivity index (χ2v) is 5.45. The van der Waals surface area contributed by atoms with Gasteiger partial charge in [-0.25, -0.2) is 4.79 Å². The molecule has 4 heteroatoms. The molecule has 0 spiro atoms. The van der Waals surface area contributed by atoms with E-state index in [0.29, 0.717) is 22.2 Å². The maximum Gasteiger partial charge on any atom is 0.340 e. The van der Waals surface area contributed by atoms with Crippen molar-refractivity contribution in [1.82, 2.24) is 0 Å². The summed E-state index contributed by atoms with van der Waals surface area (Å²) in [6, 6.07) is 4.86. The first kappa shape index (κ1) is 13.2. The SMILES string of the molecule is CC1CCCC(OC(=O)c2cc(N)ccc2Cl)C1. The monoisotopic (exact) mass is 267 g/mol. The van der Waals surface area contributed by atoms with Crippen molar-refractivity contribution in [3.63, 3.8) is 0 Å². The van der Waals surface area contributed by atoms with Crippen molar-refractivity contribution in [2.75, 3.05) is 5.73 Å². The van der Waals surface area contributed by atoms with Crippen molar-refractivity contribution in [3.05, 3.63) is 28.8 Å². The van der Waals surface area contributed by atoms with Crippen LogP contribution in [0.15, 0.2) is 18.2 Å². The summed E-state index contributed by atoms with van der Waals surface area (Å²) >= 11 is 5.98. The maximum atomic E-state index is 12.0. The average molecular weight is 268 g/mol. The molecule has 98 valence electrons. The van der Waals surface area contributed by atoms with E-state index in [1.807, 2.05) is 0 Å². The third kappa shape index (κ3) is 3.16. The Morgan fingerprint density at radius 2 is 2.22 bits per heavy atom. The molecule has 2 atom stereocenters. The molecule has 3 nitrogen and oxygen atoms in total. The highest BCUT2D eigenvalue weighted by molar-refractivity contribution is 6.33. The van der Waals surface area contributed by atoms with E-state index in [1.54, 1.807) is 18.2 Å². The highest BCUT2D eigenvalue weighted by atomic mass is 35.5. The van der Waals surface area contributed by atoms with Gasteiger partial charge in [0.1, 0.15) is 6.10 Å². The van der Waals surface area contributed by atoms with E-state index >= 15 is 0 Å². The van der Waals surface area contributed by atoms with Gasteiger partial charge in [0.25, 0.3) is 0 Å². The summed E-state index contributed by atoms with van der Waals surface area (Å²) in [5.74, 6) is 0.249. The summed E-state index contributed by atoms with van der Waals surface area (Å²) in [6.07, 6.45) is 4.22. The first-order valence-electron chi connectivity index (χ1n) is 6.32. The lowest BCUT2D eigenvalue weighted by atomic mass is 9.89.